The van der Waals surface area contributed by atoms with E-state index in [9.17, 15) is 14.0 Å². The van der Waals surface area contributed by atoms with Gasteiger partial charge in [-0.1, -0.05) is 12.1 Å². The van der Waals surface area contributed by atoms with Crippen molar-refractivity contribution in [3.63, 3.8) is 0 Å². The first-order chi connectivity index (χ1) is 13.3. The van der Waals surface area contributed by atoms with Crippen LogP contribution in [0.25, 0.3) is 0 Å². The first-order valence-corrected chi connectivity index (χ1v) is 9.03. The highest BCUT2D eigenvalue weighted by Gasteiger charge is 2.16. The molecule has 144 valence electrons. The number of aryl methyl sites for hydroxylation is 1. The molecule has 0 aliphatic rings. The third kappa shape index (κ3) is 4.36. The van der Waals surface area contributed by atoms with Gasteiger partial charge in [-0.2, -0.15) is 0 Å². The van der Waals surface area contributed by atoms with Gasteiger partial charge < -0.3 is 9.30 Å². The zero-order valence-electron chi connectivity index (χ0n) is 16.2. The lowest BCUT2D eigenvalue weighted by Gasteiger charge is -2.10. The van der Waals surface area contributed by atoms with Crippen LogP contribution in [0.5, 0.6) is 5.75 Å². The Morgan fingerprint density at radius 2 is 1.64 bits per heavy atom. The van der Waals surface area contributed by atoms with Gasteiger partial charge in [-0.25, -0.2) is 4.39 Å². The molecule has 0 aliphatic heterocycles. The topological polar surface area (TPSA) is 48.3 Å². The van der Waals surface area contributed by atoms with Crippen molar-refractivity contribution in [3.05, 3.63) is 88.5 Å². The molecule has 1 heterocycles. The average molecular weight is 379 g/mol. The zero-order chi connectivity index (χ0) is 20.3. The van der Waals surface area contributed by atoms with E-state index >= 15 is 0 Å². The summed E-state index contributed by atoms with van der Waals surface area (Å²) < 4.78 is 20.7. The number of carbonyl (C=O) groups is 2. The number of ketones is 2. The number of halogens is 1. The summed E-state index contributed by atoms with van der Waals surface area (Å²) in [4.78, 5) is 23.9. The molecule has 1 aromatic heterocycles. The second-order valence-corrected chi connectivity index (χ2v) is 6.79. The summed E-state index contributed by atoms with van der Waals surface area (Å²) in [7, 11) is 0. The summed E-state index contributed by atoms with van der Waals surface area (Å²) in [5.41, 5.74) is 3.98. The third-order valence-corrected chi connectivity index (χ3v) is 4.76. The molecule has 0 saturated carbocycles. The fourth-order valence-corrected chi connectivity index (χ4v) is 3.11. The Bertz CT molecular complexity index is 1000. The van der Waals surface area contributed by atoms with E-state index in [4.69, 9.17) is 4.74 Å². The Balaban J connectivity index is 1.70. The van der Waals surface area contributed by atoms with Crippen LogP contribution in [0.1, 0.15) is 44.6 Å². The van der Waals surface area contributed by atoms with Gasteiger partial charge in [0, 0.05) is 29.1 Å². The minimum absolute atomic E-state index is 0.0174. The van der Waals surface area contributed by atoms with Crippen molar-refractivity contribution in [2.45, 2.75) is 27.3 Å². The second-order valence-electron chi connectivity index (χ2n) is 6.79. The van der Waals surface area contributed by atoms with E-state index in [1.165, 1.54) is 19.1 Å². The highest BCUT2D eigenvalue weighted by atomic mass is 19.1. The van der Waals surface area contributed by atoms with Crippen LogP contribution in [0.4, 0.5) is 4.39 Å². The lowest BCUT2D eigenvalue weighted by Crippen LogP contribution is -2.13. The number of ether oxygens (including phenoxy) is 1. The number of hydrogen-bond acceptors (Lipinski definition) is 3. The molecule has 3 aromatic rings. The van der Waals surface area contributed by atoms with Crippen LogP contribution in [0, 0.1) is 19.7 Å². The van der Waals surface area contributed by atoms with E-state index < -0.39 is 0 Å². The summed E-state index contributed by atoms with van der Waals surface area (Å²) in [6.07, 6.45) is 0. The normalized spacial score (nSPS) is 10.7. The molecule has 2 aromatic carbocycles. The Morgan fingerprint density at radius 1 is 1.00 bits per heavy atom. The smallest absolute Gasteiger partial charge is 0.202 e. The molecule has 0 amide bonds. The van der Waals surface area contributed by atoms with Crippen LogP contribution in [-0.2, 0) is 6.54 Å². The van der Waals surface area contributed by atoms with Gasteiger partial charge >= 0.3 is 0 Å². The average Bonchev–Trinajstić information content (AvgIpc) is 2.96. The van der Waals surface area contributed by atoms with Crippen molar-refractivity contribution in [3.8, 4) is 5.75 Å². The third-order valence-electron chi connectivity index (χ3n) is 4.76. The van der Waals surface area contributed by atoms with Crippen LogP contribution in [0.2, 0.25) is 0 Å². The Labute approximate surface area is 163 Å². The largest absolute Gasteiger partial charge is 0.485 e. The lowest BCUT2D eigenvalue weighted by atomic mass is 10.1. The van der Waals surface area contributed by atoms with Gasteiger partial charge in [0.1, 0.15) is 11.6 Å². The van der Waals surface area contributed by atoms with Crippen LogP contribution in [0.3, 0.4) is 0 Å². The van der Waals surface area contributed by atoms with Gasteiger partial charge in [0.05, 0.1) is 0 Å². The SMILES string of the molecule is CC(=O)c1ccc(OCC(=O)c2cc(C)n(Cc3ccc(F)cc3)c2C)cc1. The Hall–Kier alpha value is -3.21. The quantitative estimate of drug-likeness (QED) is 0.556. The molecule has 3 rings (SSSR count). The first kappa shape index (κ1) is 19.5. The van der Waals surface area contributed by atoms with Crippen molar-refractivity contribution < 1.29 is 18.7 Å². The summed E-state index contributed by atoms with van der Waals surface area (Å²) in [5, 5.41) is 0. The summed E-state index contributed by atoms with van der Waals surface area (Å²) in [5.74, 6) is 0.137. The molecule has 0 N–H and O–H groups in total. The molecule has 0 fully saturated rings. The predicted molar refractivity (Wildman–Crippen MR) is 106 cm³/mol. The van der Waals surface area contributed by atoms with Crippen LogP contribution in [0.15, 0.2) is 54.6 Å². The van der Waals surface area contributed by atoms with Gasteiger partial charge in [-0.05, 0) is 68.8 Å². The molecule has 4 nitrogen and oxygen atoms in total. The van der Waals surface area contributed by atoms with E-state index in [0.29, 0.717) is 23.4 Å². The molecule has 0 spiro atoms. The molecule has 0 aliphatic carbocycles. The van der Waals surface area contributed by atoms with Gasteiger partial charge in [0.25, 0.3) is 0 Å². The van der Waals surface area contributed by atoms with E-state index in [2.05, 4.69) is 0 Å². The molecule has 0 saturated heterocycles. The van der Waals surface area contributed by atoms with Crippen molar-refractivity contribution in [2.24, 2.45) is 0 Å². The number of carbonyl (C=O) groups excluding carboxylic acids is 2. The molecule has 28 heavy (non-hydrogen) atoms. The monoisotopic (exact) mass is 379 g/mol. The molecular weight excluding hydrogens is 357 g/mol. The Kier molecular flexibility index (Phi) is 5.73. The number of benzene rings is 2. The van der Waals surface area contributed by atoms with Gasteiger partial charge in [-0.3, -0.25) is 9.59 Å². The number of aromatic nitrogens is 1. The highest BCUT2D eigenvalue weighted by molar-refractivity contribution is 5.98. The second kappa shape index (κ2) is 8.21. The van der Waals surface area contributed by atoms with E-state index in [1.54, 1.807) is 36.4 Å². The van der Waals surface area contributed by atoms with Crippen LogP contribution < -0.4 is 4.74 Å². The number of hydrogen-bond donors (Lipinski definition) is 0. The molecular formula is C23H22FNO3. The van der Waals surface area contributed by atoms with E-state index in [1.807, 2.05) is 24.5 Å². The van der Waals surface area contributed by atoms with Crippen molar-refractivity contribution >= 4 is 11.6 Å². The maximum atomic E-state index is 13.1. The van der Waals surface area contributed by atoms with Crippen LogP contribution >= 0.6 is 0 Å². The Morgan fingerprint density at radius 3 is 2.25 bits per heavy atom. The minimum atomic E-state index is -0.269. The molecule has 0 radical (unpaired) electrons. The minimum Gasteiger partial charge on any atom is -0.485 e. The standard InChI is InChI=1S/C23H22FNO3/c1-15-12-22(16(2)25(15)13-18-4-8-20(24)9-5-18)23(27)14-28-21-10-6-19(7-11-21)17(3)26/h4-12H,13-14H2,1-3H3. The first-order valence-electron chi connectivity index (χ1n) is 9.03. The van der Waals surface area contributed by atoms with Gasteiger partial charge in [-0.15, -0.1) is 0 Å². The summed E-state index contributed by atoms with van der Waals surface area (Å²) in [6.45, 7) is 5.82. The van der Waals surface area contributed by atoms with Crippen molar-refractivity contribution in [2.75, 3.05) is 6.61 Å². The fourth-order valence-electron chi connectivity index (χ4n) is 3.11. The fraction of sp³-hybridized carbons (Fsp3) is 0.217. The zero-order valence-corrected chi connectivity index (χ0v) is 16.2. The summed E-state index contributed by atoms with van der Waals surface area (Å²) in [6, 6.07) is 14.9. The number of rotatable bonds is 7. The maximum absolute atomic E-state index is 13.1. The highest BCUT2D eigenvalue weighted by Crippen LogP contribution is 2.19. The molecule has 5 heteroatoms. The van der Waals surface area contributed by atoms with Crippen molar-refractivity contribution in [1.82, 2.24) is 4.57 Å². The maximum Gasteiger partial charge on any atom is 0.202 e. The molecule has 0 unspecified atom stereocenters. The number of Topliss-reactive ketones (excluding diaryl/α,β-unsaturated/α-hetero) is 2. The van der Waals surface area contributed by atoms with Crippen molar-refractivity contribution in [1.29, 1.82) is 0 Å². The van der Waals surface area contributed by atoms with E-state index in [0.717, 1.165) is 17.0 Å². The van der Waals surface area contributed by atoms with Gasteiger partial charge in [0.2, 0.25) is 5.78 Å². The number of nitrogens with zero attached hydrogens (tertiary/aromatic N) is 1. The predicted octanol–water partition coefficient (Wildman–Crippen LogP) is 4.76. The van der Waals surface area contributed by atoms with Gasteiger partial charge in [0.15, 0.2) is 12.4 Å². The van der Waals surface area contributed by atoms with Crippen LogP contribution in [-0.4, -0.2) is 22.7 Å². The molecule has 0 atom stereocenters. The summed E-state index contributed by atoms with van der Waals surface area (Å²) >= 11 is 0. The lowest BCUT2D eigenvalue weighted by molar-refractivity contribution is 0.0919. The molecule has 0 bridgehead atoms. The van der Waals surface area contributed by atoms with E-state index in [-0.39, 0.29) is 24.0 Å².